The van der Waals surface area contributed by atoms with E-state index in [1.54, 1.807) is 0 Å². The molecule has 2 heterocycles. The van der Waals surface area contributed by atoms with Crippen molar-refractivity contribution in [3.63, 3.8) is 0 Å². The number of hydrogen-bond donors (Lipinski definition) is 0. The maximum absolute atomic E-state index is 2.50. The molecular formula is C44H46N2+2. The molecular weight excluding hydrogens is 556 g/mol. The number of unbranched alkanes of at least 4 members (excludes halogenated alkanes) is 5. The Balaban J connectivity index is 1.04. The van der Waals surface area contributed by atoms with E-state index in [0.717, 1.165) is 13.1 Å². The monoisotopic (exact) mass is 602 g/mol. The van der Waals surface area contributed by atoms with Gasteiger partial charge in [-0.05, 0) is 74.2 Å². The van der Waals surface area contributed by atoms with Crippen LogP contribution in [0.4, 0.5) is 0 Å². The highest BCUT2D eigenvalue weighted by atomic mass is 15.0. The smallest absolute Gasteiger partial charge is 0.192 e. The molecule has 0 aliphatic carbocycles. The van der Waals surface area contributed by atoms with Crippen molar-refractivity contribution in [3.05, 3.63) is 155 Å². The third-order valence-corrected chi connectivity index (χ3v) is 9.01. The average molecular weight is 603 g/mol. The number of benzene rings is 4. The van der Waals surface area contributed by atoms with E-state index in [1.165, 1.54) is 94.0 Å². The lowest BCUT2D eigenvalue weighted by molar-refractivity contribution is -0.673. The van der Waals surface area contributed by atoms with Gasteiger partial charge in [0, 0.05) is 60.0 Å². The van der Waals surface area contributed by atoms with Gasteiger partial charge >= 0.3 is 0 Å². The van der Waals surface area contributed by atoms with Gasteiger partial charge in [-0.3, -0.25) is 0 Å². The maximum Gasteiger partial charge on any atom is 0.212 e. The van der Waals surface area contributed by atoms with E-state index < -0.39 is 0 Å². The minimum absolute atomic E-state index is 1.04. The second kappa shape index (κ2) is 15.5. The normalized spacial score (nSPS) is 11.8. The zero-order chi connectivity index (χ0) is 31.6. The van der Waals surface area contributed by atoms with Gasteiger partial charge in [-0.1, -0.05) is 96.8 Å². The molecule has 230 valence electrons. The molecule has 2 aromatic heterocycles. The van der Waals surface area contributed by atoms with Crippen LogP contribution in [0.1, 0.15) is 72.2 Å². The van der Waals surface area contributed by atoms with Crippen molar-refractivity contribution in [1.82, 2.24) is 0 Å². The molecule has 0 radical (unpaired) electrons. The molecule has 6 aromatic rings. The summed E-state index contributed by atoms with van der Waals surface area (Å²) in [6, 6.07) is 44.0. The summed E-state index contributed by atoms with van der Waals surface area (Å²) in [7, 11) is 0. The van der Waals surface area contributed by atoms with Crippen molar-refractivity contribution < 1.29 is 9.13 Å². The Bertz CT molecular complexity index is 1800. The molecule has 0 aliphatic heterocycles. The Kier molecular flexibility index (Phi) is 10.5. The standard InChI is InChI=1S/C44H46N2/c1-35-17-21-37(22-18-35)25-29-41-31-27-39-13-7-9-15-43(39)45(41)33-11-5-3-4-6-12-34-46-42(30-26-38-23-19-36(2)20-24-38)32-28-40-14-8-10-16-44(40)46/h7-10,13-32H,3-6,11-12,33-34H2,1-2H3/q+2/b29-25+,30-26+. The summed E-state index contributed by atoms with van der Waals surface area (Å²) < 4.78 is 5.01. The minimum atomic E-state index is 1.04. The molecule has 0 amide bonds. The van der Waals surface area contributed by atoms with Crippen LogP contribution in [-0.2, 0) is 13.1 Å². The van der Waals surface area contributed by atoms with Crippen molar-refractivity contribution in [2.75, 3.05) is 0 Å². The van der Waals surface area contributed by atoms with Crippen LogP contribution < -0.4 is 9.13 Å². The van der Waals surface area contributed by atoms with Crippen LogP contribution in [0.5, 0.6) is 0 Å². The summed E-state index contributed by atoms with van der Waals surface area (Å²) in [5.74, 6) is 0. The number of rotatable bonds is 13. The first-order valence-electron chi connectivity index (χ1n) is 17.0. The number of nitrogens with zero attached hydrogens (tertiary/aromatic N) is 2. The fourth-order valence-corrected chi connectivity index (χ4v) is 6.31. The first-order chi connectivity index (χ1) is 22.6. The summed E-state index contributed by atoms with van der Waals surface area (Å²) >= 11 is 0. The van der Waals surface area contributed by atoms with Gasteiger partial charge in [0.25, 0.3) is 0 Å². The number of aromatic nitrogens is 2. The number of aryl methyl sites for hydroxylation is 4. The third-order valence-electron chi connectivity index (χ3n) is 9.01. The van der Waals surface area contributed by atoms with E-state index in [0.29, 0.717) is 0 Å². The summed E-state index contributed by atoms with van der Waals surface area (Å²) in [6.45, 7) is 6.35. The molecule has 0 saturated carbocycles. The summed E-state index contributed by atoms with van der Waals surface area (Å²) in [5.41, 5.74) is 10.2. The van der Waals surface area contributed by atoms with Crippen LogP contribution in [0.25, 0.3) is 46.1 Å². The van der Waals surface area contributed by atoms with Crippen molar-refractivity contribution in [2.45, 2.75) is 65.5 Å². The molecule has 2 heteroatoms. The van der Waals surface area contributed by atoms with Crippen LogP contribution in [0.3, 0.4) is 0 Å². The van der Waals surface area contributed by atoms with Gasteiger partial charge in [-0.2, -0.15) is 9.13 Å². The van der Waals surface area contributed by atoms with E-state index in [-0.39, 0.29) is 0 Å². The molecule has 0 N–H and O–H groups in total. The molecule has 0 unspecified atom stereocenters. The van der Waals surface area contributed by atoms with Crippen LogP contribution in [0.15, 0.2) is 121 Å². The van der Waals surface area contributed by atoms with Crippen molar-refractivity contribution in [1.29, 1.82) is 0 Å². The van der Waals surface area contributed by atoms with Crippen LogP contribution in [-0.4, -0.2) is 0 Å². The second-order valence-corrected chi connectivity index (χ2v) is 12.5. The maximum atomic E-state index is 2.50. The van der Waals surface area contributed by atoms with E-state index in [2.05, 4.69) is 169 Å². The molecule has 0 atom stereocenters. The molecule has 0 aliphatic rings. The topological polar surface area (TPSA) is 7.76 Å². The van der Waals surface area contributed by atoms with Crippen LogP contribution in [0.2, 0.25) is 0 Å². The summed E-state index contributed by atoms with van der Waals surface area (Å²) in [6.07, 6.45) is 16.5. The van der Waals surface area contributed by atoms with Gasteiger partial charge in [0.1, 0.15) is 13.1 Å². The second-order valence-electron chi connectivity index (χ2n) is 12.5. The average Bonchev–Trinajstić information content (AvgIpc) is 3.09. The number of para-hydroxylation sites is 2. The van der Waals surface area contributed by atoms with E-state index in [4.69, 9.17) is 0 Å². The van der Waals surface area contributed by atoms with Gasteiger partial charge in [0.15, 0.2) is 0 Å². The molecule has 2 nitrogen and oxygen atoms in total. The van der Waals surface area contributed by atoms with E-state index in [1.807, 2.05) is 0 Å². The highest BCUT2D eigenvalue weighted by Crippen LogP contribution is 2.17. The van der Waals surface area contributed by atoms with Gasteiger partial charge in [0.2, 0.25) is 22.4 Å². The number of pyridine rings is 2. The predicted molar refractivity (Wildman–Crippen MR) is 196 cm³/mol. The molecule has 0 spiro atoms. The fraction of sp³-hybridized carbons (Fsp3) is 0.227. The van der Waals surface area contributed by atoms with Crippen molar-refractivity contribution >= 4 is 46.1 Å². The van der Waals surface area contributed by atoms with Gasteiger partial charge in [0.05, 0.1) is 0 Å². The van der Waals surface area contributed by atoms with Crippen LogP contribution in [0, 0.1) is 13.8 Å². The highest BCUT2D eigenvalue weighted by molar-refractivity contribution is 5.78. The Labute approximate surface area is 275 Å². The molecule has 0 fully saturated rings. The lowest BCUT2D eigenvalue weighted by atomic mass is 10.1. The van der Waals surface area contributed by atoms with Gasteiger partial charge in [-0.15, -0.1) is 0 Å². The molecule has 0 bridgehead atoms. The molecule has 46 heavy (non-hydrogen) atoms. The fourth-order valence-electron chi connectivity index (χ4n) is 6.31. The first kappa shape index (κ1) is 31.2. The Morgan fingerprint density at radius 2 is 0.783 bits per heavy atom. The van der Waals surface area contributed by atoms with Gasteiger partial charge in [-0.25, -0.2) is 0 Å². The zero-order valence-corrected chi connectivity index (χ0v) is 27.4. The predicted octanol–water partition coefficient (Wildman–Crippen LogP) is 10.6. The zero-order valence-electron chi connectivity index (χ0n) is 27.4. The van der Waals surface area contributed by atoms with E-state index in [9.17, 15) is 0 Å². The van der Waals surface area contributed by atoms with Crippen molar-refractivity contribution in [3.8, 4) is 0 Å². The van der Waals surface area contributed by atoms with Crippen LogP contribution >= 0.6 is 0 Å². The minimum Gasteiger partial charge on any atom is -0.192 e. The quantitative estimate of drug-likeness (QED) is 0.0918. The van der Waals surface area contributed by atoms with Gasteiger partial charge < -0.3 is 0 Å². The molecule has 0 saturated heterocycles. The Morgan fingerprint density at radius 3 is 1.22 bits per heavy atom. The lowest BCUT2D eigenvalue weighted by Gasteiger charge is -2.07. The molecule has 6 rings (SSSR count). The lowest BCUT2D eigenvalue weighted by Crippen LogP contribution is -2.38. The largest absolute Gasteiger partial charge is 0.212 e. The highest BCUT2D eigenvalue weighted by Gasteiger charge is 2.15. The Hall–Kier alpha value is -4.82. The number of hydrogen-bond acceptors (Lipinski definition) is 0. The Morgan fingerprint density at radius 1 is 0.391 bits per heavy atom. The third kappa shape index (κ3) is 8.06. The summed E-state index contributed by atoms with van der Waals surface area (Å²) in [5, 5.41) is 2.60. The summed E-state index contributed by atoms with van der Waals surface area (Å²) in [4.78, 5) is 0. The SMILES string of the molecule is Cc1ccc(/C=C/c2ccc3ccccc3[n+]2CCCCCCCC[n+]2c(/C=C/c3ccc(C)cc3)ccc3ccccc32)cc1. The van der Waals surface area contributed by atoms with Crippen molar-refractivity contribution in [2.24, 2.45) is 0 Å². The van der Waals surface area contributed by atoms with E-state index >= 15 is 0 Å². The number of fused-ring (bicyclic) bond motifs is 2. The first-order valence-corrected chi connectivity index (χ1v) is 17.0. The molecule has 4 aromatic carbocycles.